The number of halogens is 3. The van der Waals surface area contributed by atoms with Gasteiger partial charge in [-0.1, -0.05) is 41.2 Å². The molecule has 1 N–H and O–H groups in total. The minimum absolute atomic E-state index is 0.511. The summed E-state index contributed by atoms with van der Waals surface area (Å²) < 4.78 is 0. The fourth-order valence-corrected chi connectivity index (χ4v) is 4.73. The fraction of sp³-hybridized carbons (Fsp3) is 0.625. The monoisotopic (exact) mass is 331 g/mol. The zero-order chi connectivity index (χ0) is 14.3. The Morgan fingerprint density at radius 3 is 2.55 bits per heavy atom. The van der Waals surface area contributed by atoms with Crippen LogP contribution in [0.15, 0.2) is 12.1 Å². The van der Waals surface area contributed by atoms with Gasteiger partial charge in [-0.25, -0.2) is 0 Å². The van der Waals surface area contributed by atoms with Crippen LogP contribution in [-0.2, 0) is 6.54 Å². The maximum Gasteiger partial charge on any atom is 0.0652 e. The van der Waals surface area contributed by atoms with Gasteiger partial charge in [0, 0.05) is 23.2 Å². The molecule has 0 aliphatic heterocycles. The highest BCUT2D eigenvalue weighted by Crippen LogP contribution is 2.49. The Kier molecular flexibility index (Phi) is 4.52. The van der Waals surface area contributed by atoms with Crippen molar-refractivity contribution in [2.45, 2.75) is 45.2 Å². The van der Waals surface area contributed by atoms with E-state index in [-0.39, 0.29) is 0 Å². The summed E-state index contributed by atoms with van der Waals surface area (Å²) in [7, 11) is 0. The van der Waals surface area contributed by atoms with Crippen molar-refractivity contribution in [3.63, 3.8) is 0 Å². The maximum absolute atomic E-state index is 6.25. The van der Waals surface area contributed by atoms with Gasteiger partial charge in [0.15, 0.2) is 0 Å². The van der Waals surface area contributed by atoms with Crippen LogP contribution in [0.5, 0.6) is 0 Å². The molecule has 0 aromatic heterocycles. The van der Waals surface area contributed by atoms with Crippen LogP contribution in [0, 0.1) is 17.8 Å². The number of hydrogen-bond donors (Lipinski definition) is 1. The van der Waals surface area contributed by atoms with Crippen LogP contribution in [0.1, 0.15) is 38.2 Å². The Labute approximate surface area is 136 Å². The molecule has 3 rings (SSSR count). The number of nitrogens with one attached hydrogen (secondary N) is 1. The topological polar surface area (TPSA) is 12.0 Å². The van der Waals surface area contributed by atoms with Crippen LogP contribution in [0.4, 0.5) is 0 Å². The van der Waals surface area contributed by atoms with Crippen LogP contribution < -0.4 is 5.32 Å². The van der Waals surface area contributed by atoms with E-state index in [2.05, 4.69) is 12.2 Å². The van der Waals surface area contributed by atoms with Crippen LogP contribution in [-0.4, -0.2) is 6.04 Å². The Hall–Kier alpha value is 0.0500. The minimum atomic E-state index is 0.511. The number of fused-ring (bicyclic) bond motifs is 2. The molecule has 4 heteroatoms. The van der Waals surface area contributed by atoms with Gasteiger partial charge >= 0.3 is 0 Å². The first-order valence-corrected chi connectivity index (χ1v) is 8.55. The molecule has 0 radical (unpaired) electrons. The minimum Gasteiger partial charge on any atom is -0.310 e. The van der Waals surface area contributed by atoms with Gasteiger partial charge in [0.05, 0.1) is 10.0 Å². The van der Waals surface area contributed by atoms with E-state index in [1.807, 2.05) is 6.07 Å². The van der Waals surface area contributed by atoms with Crippen molar-refractivity contribution < 1.29 is 0 Å². The summed E-state index contributed by atoms with van der Waals surface area (Å²) in [5, 5.41) is 5.44. The SMILES string of the molecule is CC(NCc1c(Cl)ccc(Cl)c1Cl)C1CC2CCC1C2. The van der Waals surface area contributed by atoms with Crippen molar-refractivity contribution in [2.24, 2.45) is 17.8 Å². The van der Waals surface area contributed by atoms with Gasteiger partial charge in [0.1, 0.15) is 0 Å². The average Bonchev–Trinajstić information content (AvgIpc) is 3.05. The molecule has 2 aliphatic carbocycles. The lowest BCUT2D eigenvalue weighted by atomic mass is 9.84. The lowest BCUT2D eigenvalue weighted by molar-refractivity contribution is 0.259. The average molecular weight is 333 g/mol. The summed E-state index contributed by atoms with van der Waals surface area (Å²) in [6.07, 6.45) is 5.69. The second kappa shape index (κ2) is 6.04. The maximum atomic E-state index is 6.25. The van der Waals surface area contributed by atoms with Crippen molar-refractivity contribution >= 4 is 34.8 Å². The van der Waals surface area contributed by atoms with Gasteiger partial charge in [0.2, 0.25) is 0 Å². The summed E-state index contributed by atoms with van der Waals surface area (Å²) >= 11 is 18.5. The largest absolute Gasteiger partial charge is 0.310 e. The van der Waals surface area contributed by atoms with Crippen molar-refractivity contribution in [1.29, 1.82) is 0 Å². The summed E-state index contributed by atoms with van der Waals surface area (Å²) in [6.45, 7) is 2.98. The molecule has 1 aromatic rings. The summed E-state index contributed by atoms with van der Waals surface area (Å²) in [5.41, 5.74) is 0.913. The van der Waals surface area contributed by atoms with E-state index in [1.54, 1.807) is 6.07 Å². The first-order valence-electron chi connectivity index (χ1n) is 7.42. The molecule has 2 fully saturated rings. The van der Waals surface area contributed by atoms with Crippen molar-refractivity contribution in [2.75, 3.05) is 0 Å². The molecule has 0 spiro atoms. The third-order valence-corrected chi connectivity index (χ3v) is 6.37. The molecule has 1 aromatic carbocycles. The van der Waals surface area contributed by atoms with Crippen molar-refractivity contribution in [3.05, 3.63) is 32.8 Å². The van der Waals surface area contributed by atoms with Crippen LogP contribution in [0.2, 0.25) is 15.1 Å². The standard InChI is InChI=1S/C16H20Cl3N/c1-9(12-7-10-2-3-11(12)6-10)20-8-13-14(17)4-5-15(18)16(13)19/h4-5,9-12,20H,2-3,6-8H2,1H3. The molecule has 2 saturated carbocycles. The Bertz CT molecular complexity index is 503. The Balaban J connectivity index is 1.63. The molecule has 110 valence electrons. The van der Waals surface area contributed by atoms with E-state index in [0.717, 1.165) is 23.3 Å². The van der Waals surface area contributed by atoms with Gasteiger partial charge in [0.25, 0.3) is 0 Å². The summed E-state index contributed by atoms with van der Waals surface area (Å²) in [4.78, 5) is 0. The quantitative estimate of drug-likeness (QED) is 0.712. The van der Waals surface area contributed by atoms with E-state index in [9.17, 15) is 0 Å². The molecule has 1 nitrogen and oxygen atoms in total. The second-order valence-electron chi connectivity index (χ2n) is 6.33. The molecular weight excluding hydrogens is 313 g/mol. The smallest absolute Gasteiger partial charge is 0.0652 e. The zero-order valence-electron chi connectivity index (χ0n) is 11.6. The predicted molar refractivity (Wildman–Crippen MR) is 86.7 cm³/mol. The van der Waals surface area contributed by atoms with Crippen molar-refractivity contribution in [3.8, 4) is 0 Å². The zero-order valence-corrected chi connectivity index (χ0v) is 13.9. The first kappa shape index (κ1) is 15.0. The molecule has 4 atom stereocenters. The molecule has 0 saturated heterocycles. The van der Waals surface area contributed by atoms with E-state index < -0.39 is 0 Å². The van der Waals surface area contributed by atoms with Gasteiger partial charge in [-0.15, -0.1) is 0 Å². The highest BCUT2D eigenvalue weighted by molar-refractivity contribution is 6.44. The molecule has 0 amide bonds. The van der Waals surface area contributed by atoms with Gasteiger partial charge in [-0.05, 0) is 56.1 Å². The lowest BCUT2D eigenvalue weighted by Gasteiger charge is -2.29. The first-order chi connectivity index (χ1) is 9.56. The molecular formula is C16H20Cl3N. The normalized spacial score (nSPS) is 29.9. The number of rotatable bonds is 4. The van der Waals surface area contributed by atoms with Crippen LogP contribution >= 0.6 is 34.8 Å². The highest BCUT2D eigenvalue weighted by atomic mass is 35.5. The third-order valence-electron chi connectivity index (χ3n) is 5.17. The van der Waals surface area contributed by atoms with Gasteiger partial charge < -0.3 is 5.32 Å². The Morgan fingerprint density at radius 2 is 1.90 bits per heavy atom. The lowest BCUT2D eigenvalue weighted by Crippen LogP contribution is -2.36. The third kappa shape index (κ3) is 2.83. The van der Waals surface area contributed by atoms with Gasteiger partial charge in [-0.3, -0.25) is 0 Å². The van der Waals surface area contributed by atoms with Crippen LogP contribution in [0.25, 0.3) is 0 Å². The number of hydrogen-bond acceptors (Lipinski definition) is 1. The van der Waals surface area contributed by atoms with E-state index in [1.165, 1.54) is 25.7 Å². The summed E-state index contributed by atoms with van der Waals surface area (Å²) in [6, 6.07) is 4.07. The Morgan fingerprint density at radius 1 is 1.15 bits per heavy atom. The van der Waals surface area contributed by atoms with E-state index in [4.69, 9.17) is 34.8 Å². The molecule has 2 aliphatic rings. The molecule has 2 bridgehead atoms. The molecule has 4 unspecified atom stereocenters. The molecule has 0 heterocycles. The highest BCUT2D eigenvalue weighted by Gasteiger charge is 2.41. The van der Waals surface area contributed by atoms with Crippen LogP contribution in [0.3, 0.4) is 0 Å². The van der Waals surface area contributed by atoms with E-state index >= 15 is 0 Å². The molecule has 20 heavy (non-hydrogen) atoms. The number of benzene rings is 1. The van der Waals surface area contributed by atoms with E-state index in [0.29, 0.717) is 27.7 Å². The second-order valence-corrected chi connectivity index (χ2v) is 7.52. The predicted octanol–water partition coefficient (Wildman–Crippen LogP) is 5.56. The van der Waals surface area contributed by atoms with Gasteiger partial charge in [-0.2, -0.15) is 0 Å². The summed E-state index contributed by atoms with van der Waals surface area (Å²) in [5.74, 6) is 2.71. The van der Waals surface area contributed by atoms with Crippen molar-refractivity contribution in [1.82, 2.24) is 5.32 Å². The fourth-order valence-electron chi connectivity index (χ4n) is 4.05.